The smallest absolute Gasteiger partial charge is 0.307 e. The van der Waals surface area contributed by atoms with Gasteiger partial charge in [0.2, 0.25) is 5.88 Å². The minimum absolute atomic E-state index is 0.0284. The molecule has 1 aromatic carbocycles. The predicted octanol–water partition coefficient (Wildman–Crippen LogP) is 5.65. The largest absolute Gasteiger partial charge is 0.481 e. The lowest BCUT2D eigenvalue weighted by molar-refractivity contribution is -0.136. The predicted molar refractivity (Wildman–Crippen MR) is 92.6 cm³/mol. The fourth-order valence-corrected chi connectivity index (χ4v) is 3.29. The summed E-state index contributed by atoms with van der Waals surface area (Å²) in [6, 6.07) is 1.55. The average molecular weight is 415 g/mol. The third-order valence-electron chi connectivity index (χ3n) is 2.94. The van der Waals surface area contributed by atoms with Gasteiger partial charge in [-0.25, -0.2) is 4.98 Å². The van der Waals surface area contributed by atoms with Crippen LogP contribution in [0, 0.1) is 0 Å². The second-order valence-corrected chi connectivity index (χ2v) is 6.31. The number of methoxy groups -OCH3 is 1. The molecule has 0 spiro atoms. The molecule has 122 valence electrons. The van der Waals surface area contributed by atoms with Crippen LogP contribution in [0.5, 0.6) is 5.88 Å². The minimum Gasteiger partial charge on any atom is -0.481 e. The highest BCUT2D eigenvalue weighted by Gasteiger charge is 2.23. The van der Waals surface area contributed by atoms with Gasteiger partial charge in [-0.3, -0.25) is 4.79 Å². The van der Waals surface area contributed by atoms with Gasteiger partial charge in [-0.2, -0.15) is 0 Å². The minimum atomic E-state index is -1.01. The van der Waals surface area contributed by atoms with E-state index in [1.165, 1.54) is 13.3 Å². The number of carboxylic acid groups (broad SMARTS) is 1. The van der Waals surface area contributed by atoms with Crippen LogP contribution in [0.1, 0.15) is 5.56 Å². The number of benzene rings is 1. The SMILES string of the molecule is COc1ncc(CC(=O)O)cc1-c1c(Cl)c(Cl)c(Cl)c(Cl)c1Cl. The molecule has 0 saturated carbocycles. The summed E-state index contributed by atoms with van der Waals surface area (Å²) in [6.07, 6.45) is 1.16. The molecule has 1 heterocycles. The monoisotopic (exact) mass is 413 g/mol. The first kappa shape index (κ1) is 18.4. The van der Waals surface area contributed by atoms with Crippen molar-refractivity contribution in [3.8, 4) is 17.0 Å². The van der Waals surface area contributed by atoms with Crippen LogP contribution in [0.25, 0.3) is 11.1 Å². The van der Waals surface area contributed by atoms with Crippen LogP contribution in [0.3, 0.4) is 0 Å². The first-order valence-corrected chi connectivity index (χ1v) is 7.93. The van der Waals surface area contributed by atoms with E-state index in [0.717, 1.165) is 0 Å². The van der Waals surface area contributed by atoms with E-state index < -0.39 is 5.97 Å². The van der Waals surface area contributed by atoms with Crippen LogP contribution in [-0.2, 0) is 11.2 Å². The van der Waals surface area contributed by atoms with E-state index in [1.54, 1.807) is 6.07 Å². The maximum absolute atomic E-state index is 10.9. The lowest BCUT2D eigenvalue weighted by Crippen LogP contribution is -2.02. The molecule has 0 amide bonds. The van der Waals surface area contributed by atoms with E-state index in [0.29, 0.717) is 11.1 Å². The molecule has 2 rings (SSSR count). The fraction of sp³-hybridized carbons (Fsp3) is 0.143. The summed E-state index contributed by atoms with van der Waals surface area (Å²) in [7, 11) is 1.41. The number of carbonyl (C=O) groups is 1. The van der Waals surface area contributed by atoms with E-state index in [1.807, 2.05) is 0 Å². The number of aromatic nitrogens is 1. The maximum atomic E-state index is 10.9. The number of pyridine rings is 1. The molecule has 0 unspecified atom stereocenters. The average Bonchev–Trinajstić information content (AvgIpc) is 2.51. The van der Waals surface area contributed by atoms with E-state index >= 15 is 0 Å². The summed E-state index contributed by atoms with van der Waals surface area (Å²) in [5.41, 5.74) is 1.06. The van der Waals surface area contributed by atoms with Crippen LogP contribution >= 0.6 is 58.0 Å². The molecule has 0 bridgehead atoms. The highest BCUT2D eigenvalue weighted by molar-refractivity contribution is 6.56. The summed E-state index contributed by atoms with van der Waals surface area (Å²) in [5, 5.41) is 9.14. The second kappa shape index (κ2) is 7.32. The number of ether oxygens (including phenoxy) is 1. The topological polar surface area (TPSA) is 59.4 Å². The molecular weight excluding hydrogens is 407 g/mol. The lowest BCUT2D eigenvalue weighted by Gasteiger charge is -2.15. The molecule has 9 heteroatoms. The van der Waals surface area contributed by atoms with Crippen LogP contribution < -0.4 is 4.74 Å². The molecule has 1 N–H and O–H groups in total. The third-order valence-corrected chi connectivity index (χ3v) is 5.21. The van der Waals surface area contributed by atoms with Gasteiger partial charge < -0.3 is 9.84 Å². The summed E-state index contributed by atoms with van der Waals surface area (Å²) >= 11 is 30.6. The molecule has 0 aliphatic rings. The van der Waals surface area contributed by atoms with Gasteiger partial charge in [-0.1, -0.05) is 58.0 Å². The van der Waals surface area contributed by atoms with E-state index in [2.05, 4.69) is 4.98 Å². The van der Waals surface area contributed by atoms with Gasteiger partial charge in [-0.15, -0.1) is 0 Å². The van der Waals surface area contributed by atoms with Gasteiger partial charge in [0, 0.05) is 17.3 Å². The Morgan fingerprint density at radius 1 is 1.09 bits per heavy atom. The van der Waals surface area contributed by atoms with Crippen molar-refractivity contribution in [1.82, 2.24) is 4.98 Å². The molecule has 4 nitrogen and oxygen atoms in total. The number of hydrogen-bond donors (Lipinski definition) is 1. The molecule has 23 heavy (non-hydrogen) atoms. The number of rotatable bonds is 4. The Kier molecular flexibility index (Phi) is 5.87. The first-order valence-electron chi connectivity index (χ1n) is 6.04. The van der Waals surface area contributed by atoms with Crippen LogP contribution in [0.15, 0.2) is 12.3 Å². The highest BCUT2D eigenvalue weighted by Crippen LogP contribution is 2.49. The Balaban J connectivity index is 2.77. The van der Waals surface area contributed by atoms with E-state index in [-0.39, 0.29) is 43.0 Å². The van der Waals surface area contributed by atoms with Crippen molar-refractivity contribution in [2.75, 3.05) is 7.11 Å². The molecule has 2 aromatic rings. The zero-order valence-corrected chi connectivity index (χ0v) is 15.2. The quantitative estimate of drug-likeness (QED) is 0.518. The standard InChI is InChI=1S/C14H8Cl5NO3/c1-23-14-6(2-5(4-20-14)3-7(21)22)8-9(15)11(17)13(19)12(18)10(8)16/h2,4H,3H2,1H3,(H,21,22). The first-order chi connectivity index (χ1) is 10.8. The molecule has 0 fully saturated rings. The number of carboxylic acids is 1. The van der Waals surface area contributed by atoms with Gasteiger partial charge in [0.15, 0.2) is 0 Å². The van der Waals surface area contributed by atoms with Crippen LogP contribution in [0.4, 0.5) is 0 Å². The van der Waals surface area contributed by atoms with Crippen molar-refractivity contribution >= 4 is 64.0 Å². The van der Waals surface area contributed by atoms with Crippen molar-refractivity contribution in [3.63, 3.8) is 0 Å². The van der Waals surface area contributed by atoms with Gasteiger partial charge in [-0.05, 0) is 11.6 Å². The number of nitrogens with zero attached hydrogens (tertiary/aromatic N) is 1. The molecule has 0 radical (unpaired) electrons. The van der Waals surface area contributed by atoms with Crippen molar-refractivity contribution in [2.24, 2.45) is 0 Å². The Morgan fingerprint density at radius 2 is 1.61 bits per heavy atom. The Labute approximate surface area is 156 Å². The molecule has 0 aliphatic heterocycles. The highest BCUT2D eigenvalue weighted by atomic mass is 35.5. The van der Waals surface area contributed by atoms with Crippen LogP contribution in [0.2, 0.25) is 25.1 Å². The number of aliphatic carboxylic acids is 1. The molecule has 0 saturated heterocycles. The normalized spacial score (nSPS) is 10.7. The zero-order valence-electron chi connectivity index (χ0n) is 11.5. The Hall–Kier alpha value is -0.910. The summed E-state index contributed by atoms with van der Waals surface area (Å²) < 4.78 is 5.18. The number of halogens is 5. The second-order valence-electron chi connectivity index (χ2n) is 4.42. The number of hydrogen-bond acceptors (Lipinski definition) is 3. The van der Waals surface area contributed by atoms with Crippen molar-refractivity contribution in [1.29, 1.82) is 0 Å². The summed E-state index contributed by atoms with van der Waals surface area (Å²) in [5.74, 6) is -0.815. The summed E-state index contributed by atoms with van der Waals surface area (Å²) in [4.78, 5) is 15.0. The molecule has 0 atom stereocenters. The third kappa shape index (κ3) is 3.62. The van der Waals surface area contributed by atoms with E-state index in [9.17, 15) is 4.79 Å². The van der Waals surface area contributed by atoms with Gasteiger partial charge in [0.1, 0.15) is 0 Å². The molecule has 1 aromatic heterocycles. The fourth-order valence-electron chi connectivity index (χ4n) is 1.95. The Bertz CT molecular complexity index is 765. The van der Waals surface area contributed by atoms with Crippen molar-refractivity contribution < 1.29 is 14.6 Å². The van der Waals surface area contributed by atoms with Crippen LogP contribution in [-0.4, -0.2) is 23.2 Å². The van der Waals surface area contributed by atoms with E-state index in [4.69, 9.17) is 67.8 Å². The molecular formula is C14H8Cl5NO3. The van der Waals surface area contributed by atoms with Gasteiger partial charge in [0.25, 0.3) is 0 Å². The van der Waals surface area contributed by atoms with Gasteiger partial charge in [0.05, 0.1) is 38.6 Å². The zero-order chi connectivity index (χ0) is 17.3. The van der Waals surface area contributed by atoms with Crippen molar-refractivity contribution in [3.05, 3.63) is 42.9 Å². The molecule has 0 aliphatic carbocycles. The summed E-state index contributed by atoms with van der Waals surface area (Å²) in [6.45, 7) is 0. The van der Waals surface area contributed by atoms with Crippen molar-refractivity contribution in [2.45, 2.75) is 6.42 Å². The maximum Gasteiger partial charge on any atom is 0.307 e. The Morgan fingerprint density at radius 3 is 2.09 bits per heavy atom. The van der Waals surface area contributed by atoms with Gasteiger partial charge >= 0.3 is 5.97 Å². The lowest BCUT2D eigenvalue weighted by atomic mass is 10.0.